The Kier molecular flexibility index (Phi) is 3.60. The van der Waals surface area contributed by atoms with Crippen LogP contribution in [0.4, 0.5) is 0 Å². The molecule has 0 aliphatic rings. The maximum absolute atomic E-state index is 5.87. The highest BCUT2D eigenvalue weighted by Crippen LogP contribution is 2.29. The van der Waals surface area contributed by atoms with E-state index >= 15 is 0 Å². The van der Waals surface area contributed by atoms with Gasteiger partial charge in [0.15, 0.2) is 0 Å². The van der Waals surface area contributed by atoms with Crippen molar-refractivity contribution in [1.29, 1.82) is 0 Å². The first-order chi connectivity index (χ1) is 7.81. The van der Waals surface area contributed by atoms with Crippen LogP contribution in [-0.4, -0.2) is 7.05 Å². The third-order valence-electron chi connectivity index (χ3n) is 2.56. The van der Waals surface area contributed by atoms with E-state index in [1.165, 1.54) is 5.56 Å². The molecule has 0 amide bonds. The van der Waals surface area contributed by atoms with Gasteiger partial charge in [0.2, 0.25) is 0 Å². The Morgan fingerprint density at radius 2 is 1.44 bits per heavy atom. The summed E-state index contributed by atoms with van der Waals surface area (Å²) in [6, 6.07) is 18.2. The van der Waals surface area contributed by atoms with Crippen LogP contribution in [0.2, 0.25) is 5.02 Å². The summed E-state index contributed by atoms with van der Waals surface area (Å²) in [5, 5.41) is 5.17. The molecule has 0 aliphatic heterocycles. The summed E-state index contributed by atoms with van der Waals surface area (Å²) in [5.74, 6) is 0. The molecule has 0 bridgehead atoms. The fraction of sp³-hybridized carbons (Fsp3) is 0.143. The third-order valence-corrected chi connectivity index (χ3v) is 2.81. The number of hydrogen-bond acceptors (Lipinski definition) is 0. The van der Waals surface area contributed by atoms with Crippen LogP contribution in [0.25, 0.3) is 5.32 Å². The molecule has 2 rings (SSSR count). The first kappa shape index (κ1) is 11.2. The maximum atomic E-state index is 5.87. The topological polar surface area (TPSA) is 14.1 Å². The van der Waals surface area contributed by atoms with Crippen molar-refractivity contribution in [2.24, 2.45) is 0 Å². The lowest BCUT2D eigenvalue weighted by Crippen LogP contribution is -1.98. The summed E-state index contributed by atoms with van der Waals surface area (Å²) in [6.07, 6.45) is 0. The van der Waals surface area contributed by atoms with Crippen LogP contribution in [0.5, 0.6) is 0 Å². The highest BCUT2D eigenvalue weighted by Gasteiger charge is 2.02. The van der Waals surface area contributed by atoms with E-state index in [-0.39, 0.29) is 6.04 Å². The first-order valence-electron chi connectivity index (χ1n) is 5.20. The molecule has 2 aromatic carbocycles. The highest BCUT2D eigenvalue weighted by atomic mass is 35.5. The second kappa shape index (κ2) is 5.15. The molecule has 0 radical (unpaired) electrons. The van der Waals surface area contributed by atoms with Gasteiger partial charge in [-0.3, -0.25) is 0 Å². The largest absolute Gasteiger partial charge is 0.655 e. The third kappa shape index (κ3) is 2.43. The minimum absolute atomic E-state index is 0.0958. The van der Waals surface area contributed by atoms with Crippen LogP contribution in [0, 0.1) is 0 Å². The molecule has 1 atom stereocenters. The predicted octanol–water partition coefficient (Wildman–Crippen LogP) is 4.43. The second-order valence-corrected chi connectivity index (χ2v) is 4.06. The molecule has 2 aromatic rings. The fourth-order valence-corrected chi connectivity index (χ4v) is 1.90. The predicted molar refractivity (Wildman–Crippen MR) is 69.0 cm³/mol. The molecule has 0 spiro atoms. The molecule has 0 aliphatic carbocycles. The Bertz CT molecular complexity index is 436. The zero-order valence-electron chi connectivity index (χ0n) is 9.10. The van der Waals surface area contributed by atoms with Gasteiger partial charge >= 0.3 is 0 Å². The molecule has 0 aromatic heterocycles. The molecule has 0 N–H and O–H groups in total. The summed E-state index contributed by atoms with van der Waals surface area (Å²) in [6.45, 7) is 0. The van der Waals surface area contributed by atoms with Crippen molar-refractivity contribution in [2.75, 3.05) is 7.05 Å². The lowest BCUT2D eigenvalue weighted by Gasteiger charge is -2.29. The lowest BCUT2D eigenvalue weighted by atomic mass is 9.99. The van der Waals surface area contributed by atoms with E-state index in [2.05, 4.69) is 17.4 Å². The average molecular weight is 231 g/mol. The second-order valence-electron chi connectivity index (χ2n) is 3.62. The Morgan fingerprint density at radius 3 is 2.00 bits per heavy atom. The van der Waals surface area contributed by atoms with Gasteiger partial charge in [0.25, 0.3) is 0 Å². The number of nitrogens with zero attached hydrogens (tertiary/aromatic N) is 1. The Balaban J connectivity index is 2.33. The van der Waals surface area contributed by atoms with Gasteiger partial charge in [-0.15, -0.1) is 0 Å². The lowest BCUT2D eigenvalue weighted by molar-refractivity contribution is 0.971. The van der Waals surface area contributed by atoms with Crippen LogP contribution >= 0.6 is 11.6 Å². The quantitative estimate of drug-likeness (QED) is 0.741. The van der Waals surface area contributed by atoms with Crippen LogP contribution < -0.4 is 0 Å². The Morgan fingerprint density at radius 1 is 0.875 bits per heavy atom. The van der Waals surface area contributed by atoms with Crippen LogP contribution in [0.3, 0.4) is 0 Å². The van der Waals surface area contributed by atoms with Gasteiger partial charge in [-0.2, -0.15) is 7.05 Å². The van der Waals surface area contributed by atoms with Gasteiger partial charge in [0.1, 0.15) is 0 Å². The van der Waals surface area contributed by atoms with Crippen molar-refractivity contribution in [3.8, 4) is 0 Å². The molecule has 0 saturated carbocycles. The molecule has 0 fully saturated rings. The van der Waals surface area contributed by atoms with Gasteiger partial charge in [-0.25, -0.2) is 0 Å². The zero-order valence-corrected chi connectivity index (χ0v) is 9.85. The molecule has 1 unspecified atom stereocenters. The van der Waals surface area contributed by atoms with E-state index in [0.717, 1.165) is 10.6 Å². The monoisotopic (exact) mass is 230 g/mol. The molecule has 0 saturated heterocycles. The van der Waals surface area contributed by atoms with Gasteiger partial charge in [-0.05, 0) is 12.1 Å². The summed E-state index contributed by atoms with van der Waals surface area (Å²) in [7, 11) is 1.84. The summed E-state index contributed by atoms with van der Waals surface area (Å²) >= 11 is 5.87. The number of hydrogen-bond donors (Lipinski definition) is 0. The van der Waals surface area contributed by atoms with Crippen molar-refractivity contribution < 1.29 is 0 Å². The van der Waals surface area contributed by atoms with Crippen LogP contribution in [-0.2, 0) is 0 Å². The highest BCUT2D eigenvalue weighted by molar-refractivity contribution is 6.30. The molecule has 2 heteroatoms. The van der Waals surface area contributed by atoms with E-state index in [1.807, 2.05) is 49.5 Å². The molecule has 82 valence electrons. The Hall–Kier alpha value is -1.31. The van der Waals surface area contributed by atoms with E-state index in [4.69, 9.17) is 11.6 Å². The normalized spacial score (nSPS) is 12.4. The molecular formula is C14H13ClN-. The average Bonchev–Trinajstić information content (AvgIpc) is 2.34. The van der Waals surface area contributed by atoms with E-state index in [1.54, 1.807) is 0 Å². The smallest absolute Gasteiger partial charge is 0.0406 e. The Labute approximate surface area is 101 Å². The number of rotatable bonds is 3. The van der Waals surface area contributed by atoms with Gasteiger partial charge in [-0.1, -0.05) is 71.2 Å². The summed E-state index contributed by atoms with van der Waals surface area (Å²) in [5.41, 5.74) is 2.37. The molecule has 1 nitrogen and oxygen atoms in total. The summed E-state index contributed by atoms with van der Waals surface area (Å²) < 4.78 is 0. The standard InChI is InChI=1S/C14H13ClN/c1-16-14(11-5-3-2-4-6-11)12-7-9-13(15)10-8-12/h2-10,14H,1H3/q-1. The fourth-order valence-electron chi connectivity index (χ4n) is 1.77. The van der Waals surface area contributed by atoms with E-state index in [0.29, 0.717) is 0 Å². The zero-order chi connectivity index (χ0) is 11.4. The van der Waals surface area contributed by atoms with Crippen molar-refractivity contribution in [3.63, 3.8) is 0 Å². The minimum atomic E-state index is 0.0958. The molecule has 16 heavy (non-hydrogen) atoms. The van der Waals surface area contributed by atoms with Crippen molar-refractivity contribution >= 4 is 11.6 Å². The van der Waals surface area contributed by atoms with Gasteiger partial charge in [0, 0.05) is 5.02 Å². The van der Waals surface area contributed by atoms with Crippen molar-refractivity contribution in [2.45, 2.75) is 6.04 Å². The SMILES string of the molecule is C[N-]C(c1ccccc1)c1ccc(Cl)cc1. The van der Waals surface area contributed by atoms with Crippen LogP contribution in [0.15, 0.2) is 54.6 Å². The van der Waals surface area contributed by atoms with Gasteiger partial charge < -0.3 is 5.32 Å². The van der Waals surface area contributed by atoms with E-state index in [9.17, 15) is 0 Å². The first-order valence-corrected chi connectivity index (χ1v) is 5.58. The maximum Gasteiger partial charge on any atom is 0.0406 e. The van der Waals surface area contributed by atoms with Crippen molar-refractivity contribution in [1.82, 2.24) is 0 Å². The number of benzene rings is 2. The molecular weight excluding hydrogens is 218 g/mol. The van der Waals surface area contributed by atoms with Crippen LogP contribution in [0.1, 0.15) is 17.2 Å². The molecule has 0 heterocycles. The summed E-state index contributed by atoms with van der Waals surface area (Å²) in [4.78, 5) is 0. The van der Waals surface area contributed by atoms with Gasteiger partial charge in [0.05, 0.1) is 0 Å². The van der Waals surface area contributed by atoms with Crippen molar-refractivity contribution in [3.05, 3.63) is 76.1 Å². The van der Waals surface area contributed by atoms with E-state index < -0.39 is 0 Å². The minimum Gasteiger partial charge on any atom is -0.655 e. The number of halogens is 1.